The van der Waals surface area contributed by atoms with E-state index in [9.17, 15) is 9.59 Å². The number of carbonyl (C=O) groups is 2. The second kappa shape index (κ2) is 8.04. The van der Waals surface area contributed by atoms with Crippen LogP contribution < -0.4 is 10.1 Å². The van der Waals surface area contributed by atoms with Crippen molar-refractivity contribution >= 4 is 40.8 Å². The fraction of sp³-hybridized carbons (Fsp3) is 0.176. The SMILES string of the molecule is COc1ccc(Cl)cc1NC(=O)C(C)OC(=O)c1cccc(Cl)c1. The van der Waals surface area contributed by atoms with Crippen LogP contribution >= 0.6 is 23.2 Å². The Morgan fingerprint density at radius 3 is 2.46 bits per heavy atom. The molecule has 126 valence electrons. The van der Waals surface area contributed by atoms with Crippen LogP contribution in [-0.2, 0) is 9.53 Å². The van der Waals surface area contributed by atoms with Crippen LogP contribution in [0.15, 0.2) is 42.5 Å². The Hall–Kier alpha value is -2.24. The van der Waals surface area contributed by atoms with Crippen LogP contribution in [0.25, 0.3) is 0 Å². The van der Waals surface area contributed by atoms with Gasteiger partial charge in [0.25, 0.3) is 5.91 Å². The summed E-state index contributed by atoms with van der Waals surface area (Å²) in [6.07, 6.45) is -1.01. The van der Waals surface area contributed by atoms with Crippen molar-refractivity contribution in [2.24, 2.45) is 0 Å². The fourth-order valence-corrected chi connectivity index (χ4v) is 2.27. The van der Waals surface area contributed by atoms with E-state index in [0.717, 1.165) is 0 Å². The summed E-state index contributed by atoms with van der Waals surface area (Å²) < 4.78 is 10.3. The molecule has 0 heterocycles. The summed E-state index contributed by atoms with van der Waals surface area (Å²) in [7, 11) is 1.47. The largest absolute Gasteiger partial charge is 0.495 e. The first-order chi connectivity index (χ1) is 11.4. The van der Waals surface area contributed by atoms with Crippen LogP contribution in [0.2, 0.25) is 10.0 Å². The monoisotopic (exact) mass is 367 g/mol. The molecular formula is C17H15Cl2NO4. The van der Waals surface area contributed by atoms with Gasteiger partial charge in [-0.25, -0.2) is 4.79 Å². The molecule has 1 unspecified atom stereocenters. The van der Waals surface area contributed by atoms with Crippen LogP contribution in [0.5, 0.6) is 5.75 Å². The smallest absolute Gasteiger partial charge is 0.338 e. The second-order valence-corrected chi connectivity index (χ2v) is 5.76. The molecule has 1 atom stereocenters. The molecule has 2 rings (SSSR count). The Morgan fingerprint density at radius 2 is 1.79 bits per heavy atom. The summed E-state index contributed by atoms with van der Waals surface area (Å²) in [5.41, 5.74) is 0.656. The molecule has 0 saturated heterocycles. The van der Waals surface area contributed by atoms with Crippen LogP contribution in [0.1, 0.15) is 17.3 Å². The van der Waals surface area contributed by atoms with Gasteiger partial charge in [-0.05, 0) is 43.3 Å². The van der Waals surface area contributed by atoms with E-state index in [1.54, 1.807) is 36.4 Å². The van der Waals surface area contributed by atoms with Gasteiger partial charge in [0.2, 0.25) is 0 Å². The maximum absolute atomic E-state index is 12.2. The Labute approximate surface area is 149 Å². The lowest BCUT2D eigenvalue weighted by molar-refractivity contribution is -0.123. The maximum Gasteiger partial charge on any atom is 0.338 e. The first-order valence-electron chi connectivity index (χ1n) is 7.01. The van der Waals surface area contributed by atoms with E-state index < -0.39 is 18.0 Å². The molecular weight excluding hydrogens is 353 g/mol. The number of benzene rings is 2. The third kappa shape index (κ3) is 4.63. The van der Waals surface area contributed by atoms with Crippen LogP contribution in [0, 0.1) is 0 Å². The second-order valence-electron chi connectivity index (χ2n) is 4.89. The van der Waals surface area contributed by atoms with E-state index >= 15 is 0 Å². The van der Waals surface area contributed by atoms with E-state index in [1.165, 1.54) is 20.1 Å². The lowest BCUT2D eigenvalue weighted by atomic mass is 10.2. The number of amides is 1. The van der Waals surface area contributed by atoms with Crippen molar-refractivity contribution in [2.45, 2.75) is 13.0 Å². The average Bonchev–Trinajstić information content (AvgIpc) is 2.55. The van der Waals surface area contributed by atoms with Gasteiger partial charge in [-0.1, -0.05) is 29.3 Å². The van der Waals surface area contributed by atoms with Crippen LogP contribution in [-0.4, -0.2) is 25.1 Å². The number of ether oxygens (including phenoxy) is 2. The van der Waals surface area contributed by atoms with Gasteiger partial charge in [-0.2, -0.15) is 0 Å². The van der Waals surface area contributed by atoms with Crippen LogP contribution in [0.3, 0.4) is 0 Å². The van der Waals surface area contributed by atoms with Crippen molar-refractivity contribution in [2.75, 3.05) is 12.4 Å². The molecule has 0 bridgehead atoms. The number of carbonyl (C=O) groups excluding carboxylic acids is 2. The standard InChI is InChI=1S/C17H15Cl2NO4/c1-10(24-17(22)11-4-3-5-12(18)8-11)16(21)20-14-9-13(19)6-7-15(14)23-2/h3-10H,1-2H3,(H,20,21). The molecule has 0 radical (unpaired) electrons. The molecule has 0 fully saturated rings. The predicted molar refractivity (Wildman–Crippen MR) is 93.0 cm³/mol. The number of methoxy groups -OCH3 is 1. The van der Waals surface area contributed by atoms with Crippen molar-refractivity contribution in [3.8, 4) is 5.75 Å². The average molecular weight is 368 g/mol. The minimum Gasteiger partial charge on any atom is -0.495 e. The van der Waals surface area contributed by atoms with Gasteiger partial charge in [0.1, 0.15) is 5.75 Å². The van der Waals surface area contributed by atoms with Crippen LogP contribution in [0.4, 0.5) is 5.69 Å². The van der Waals surface area contributed by atoms with Crippen molar-refractivity contribution < 1.29 is 19.1 Å². The zero-order valence-corrected chi connectivity index (χ0v) is 14.5. The van der Waals surface area contributed by atoms with E-state index in [-0.39, 0.29) is 5.56 Å². The highest BCUT2D eigenvalue weighted by Crippen LogP contribution is 2.27. The molecule has 7 heteroatoms. The normalized spacial score (nSPS) is 11.5. The molecule has 0 saturated carbocycles. The van der Waals surface area contributed by atoms with Gasteiger partial charge in [0.15, 0.2) is 6.10 Å². The number of hydrogen-bond donors (Lipinski definition) is 1. The number of nitrogens with one attached hydrogen (secondary N) is 1. The Morgan fingerprint density at radius 1 is 1.08 bits per heavy atom. The van der Waals surface area contributed by atoms with Crippen molar-refractivity contribution in [1.82, 2.24) is 0 Å². The number of esters is 1. The van der Waals surface area contributed by atoms with E-state index in [2.05, 4.69) is 5.32 Å². The summed E-state index contributed by atoms with van der Waals surface area (Å²) >= 11 is 11.7. The first-order valence-corrected chi connectivity index (χ1v) is 7.77. The summed E-state index contributed by atoms with van der Waals surface area (Å²) in [5.74, 6) is -0.703. The summed E-state index contributed by atoms with van der Waals surface area (Å²) in [4.78, 5) is 24.2. The van der Waals surface area contributed by atoms with Gasteiger partial charge in [0.05, 0.1) is 18.4 Å². The van der Waals surface area contributed by atoms with Crippen molar-refractivity contribution in [3.05, 3.63) is 58.1 Å². The lowest BCUT2D eigenvalue weighted by Crippen LogP contribution is -2.30. The number of anilines is 1. The van der Waals surface area contributed by atoms with Crippen molar-refractivity contribution in [1.29, 1.82) is 0 Å². The highest BCUT2D eigenvalue weighted by Gasteiger charge is 2.20. The Balaban J connectivity index is 2.05. The molecule has 1 amide bonds. The van der Waals surface area contributed by atoms with Gasteiger partial charge in [0, 0.05) is 10.0 Å². The fourth-order valence-electron chi connectivity index (χ4n) is 1.91. The van der Waals surface area contributed by atoms with Crippen molar-refractivity contribution in [3.63, 3.8) is 0 Å². The molecule has 0 spiro atoms. The van der Waals surface area contributed by atoms with Gasteiger partial charge in [-0.3, -0.25) is 4.79 Å². The molecule has 2 aromatic rings. The third-order valence-electron chi connectivity index (χ3n) is 3.13. The number of rotatable bonds is 5. The zero-order valence-electron chi connectivity index (χ0n) is 13.0. The highest BCUT2D eigenvalue weighted by atomic mass is 35.5. The summed E-state index contributed by atoms with van der Waals surface area (Å²) in [6, 6.07) is 11.1. The molecule has 0 aromatic heterocycles. The molecule has 0 aliphatic carbocycles. The van der Waals surface area contributed by atoms with E-state index in [0.29, 0.717) is 21.5 Å². The number of halogens is 2. The lowest BCUT2D eigenvalue weighted by Gasteiger charge is -2.15. The Bertz CT molecular complexity index is 764. The first kappa shape index (κ1) is 18.1. The summed E-state index contributed by atoms with van der Waals surface area (Å²) in [5, 5.41) is 3.47. The Kier molecular flexibility index (Phi) is 6.06. The van der Waals surface area contributed by atoms with Gasteiger partial charge < -0.3 is 14.8 Å². The molecule has 1 N–H and O–H groups in total. The van der Waals surface area contributed by atoms with E-state index in [1.807, 2.05) is 0 Å². The molecule has 24 heavy (non-hydrogen) atoms. The maximum atomic E-state index is 12.2. The van der Waals surface area contributed by atoms with Gasteiger partial charge in [-0.15, -0.1) is 0 Å². The molecule has 0 aliphatic heterocycles. The van der Waals surface area contributed by atoms with Gasteiger partial charge >= 0.3 is 5.97 Å². The summed E-state index contributed by atoms with van der Waals surface area (Å²) in [6.45, 7) is 1.47. The van der Waals surface area contributed by atoms with E-state index in [4.69, 9.17) is 32.7 Å². The highest BCUT2D eigenvalue weighted by molar-refractivity contribution is 6.31. The predicted octanol–water partition coefficient (Wildman–Crippen LogP) is 4.19. The topological polar surface area (TPSA) is 64.6 Å². The molecule has 0 aliphatic rings. The molecule has 2 aromatic carbocycles. The quantitative estimate of drug-likeness (QED) is 0.804. The third-order valence-corrected chi connectivity index (χ3v) is 3.60. The molecule has 5 nitrogen and oxygen atoms in total. The minimum atomic E-state index is -1.01. The zero-order chi connectivity index (χ0) is 17.7. The minimum absolute atomic E-state index is 0.266. The number of hydrogen-bond acceptors (Lipinski definition) is 4.